The fraction of sp³-hybridized carbons (Fsp3) is 0.167. The van der Waals surface area contributed by atoms with Crippen LogP contribution in [-0.2, 0) is 20.9 Å². The molecule has 3 rings (SSSR count). The molecule has 144 valence electrons. The molecule has 1 N–H and O–H groups in total. The molecule has 1 amide bonds. The molecule has 0 bridgehead atoms. The highest BCUT2D eigenvalue weighted by Crippen LogP contribution is 2.29. The van der Waals surface area contributed by atoms with Gasteiger partial charge in [-0.15, -0.1) is 0 Å². The Balaban J connectivity index is 1.93. The Morgan fingerprint density at radius 1 is 1.21 bits per heavy atom. The summed E-state index contributed by atoms with van der Waals surface area (Å²) in [4.78, 5) is 45.0. The van der Waals surface area contributed by atoms with Gasteiger partial charge in [0, 0.05) is 30.2 Å². The van der Waals surface area contributed by atoms with Gasteiger partial charge in [-0.1, -0.05) is 23.2 Å². The van der Waals surface area contributed by atoms with Crippen LogP contribution in [0.3, 0.4) is 0 Å². The summed E-state index contributed by atoms with van der Waals surface area (Å²) in [5.74, 6) is -2.25. The zero-order chi connectivity index (χ0) is 20.3. The quantitative estimate of drug-likeness (QED) is 0.373. The second kappa shape index (κ2) is 8.37. The number of ketones is 1. The summed E-state index contributed by atoms with van der Waals surface area (Å²) < 4.78 is 6.39. The maximum Gasteiger partial charge on any atom is 0.325 e. The lowest BCUT2D eigenvalue weighted by Crippen LogP contribution is -2.23. The lowest BCUT2D eigenvalue weighted by molar-refractivity contribution is -0.143. The van der Waals surface area contributed by atoms with Crippen LogP contribution < -0.4 is 5.32 Å². The van der Waals surface area contributed by atoms with E-state index in [1.165, 1.54) is 29.4 Å². The number of esters is 1. The van der Waals surface area contributed by atoms with E-state index in [2.05, 4.69) is 15.3 Å². The molecule has 0 aliphatic carbocycles. The first-order valence-electron chi connectivity index (χ1n) is 8.16. The standard InChI is InChI=1S/C18H14Cl2N4O4/c1-2-28-14(25)9-24-8-11(10-4-3-5-22-17(10)24)16(26)18(27)23-15-12(19)6-21-7-13(15)20/h3-8H,2,9H2,1H3,(H,21,23,27). The number of hydrogen-bond donors (Lipinski definition) is 1. The maximum absolute atomic E-state index is 12.7. The van der Waals surface area contributed by atoms with Crippen LogP contribution in [0.4, 0.5) is 5.69 Å². The Kier molecular flexibility index (Phi) is 5.91. The molecule has 0 spiro atoms. The number of rotatable bonds is 6. The molecule has 28 heavy (non-hydrogen) atoms. The van der Waals surface area contributed by atoms with Crippen molar-refractivity contribution in [1.29, 1.82) is 0 Å². The van der Waals surface area contributed by atoms with Crippen LogP contribution in [0.2, 0.25) is 10.0 Å². The van der Waals surface area contributed by atoms with E-state index in [9.17, 15) is 14.4 Å². The molecule has 0 fully saturated rings. The van der Waals surface area contributed by atoms with E-state index in [4.69, 9.17) is 27.9 Å². The molecule has 8 nitrogen and oxygen atoms in total. The van der Waals surface area contributed by atoms with Crippen molar-refractivity contribution in [3.05, 3.63) is 52.5 Å². The molecular weight excluding hydrogens is 407 g/mol. The van der Waals surface area contributed by atoms with Crippen molar-refractivity contribution in [2.24, 2.45) is 0 Å². The number of Topliss-reactive ketones (excluding diaryl/α,β-unsaturated/α-hetero) is 1. The summed E-state index contributed by atoms with van der Waals surface area (Å²) in [7, 11) is 0. The van der Waals surface area contributed by atoms with Gasteiger partial charge in [-0.25, -0.2) is 4.98 Å². The predicted octanol–water partition coefficient (Wildman–Crippen LogP) is 3.12. The van der Waals surface area contributed by atoms with Crippen LogP contribution in [0, 0.1) is 0 Å². The van der Waals surface area contributed by atoms with Crippen molar-refractivity contribution in [3.8, 4) is 0 Å². The average molecular weight is 421 g/mol. The number of carbonyl (C=O) groups excluding carboxylic acids is 3. The lowest BCUT2D eigenvalue weighted by atomic mass is 10.1. The van der Waals surface area contributed by atoms with Gasteiger partial charge in [-0.05, 0) is 19.1 Å². The zero-order valence-corrected chi connectivity index (χ0v) is 16.1. The number of aromatic nitrogens is 3. The third kappa shape index (κ3) is 3.97. The van der Waals surface area contributed by atoms with E-state index in [1.807, 2.05) is 0 Å². The molecule has 0 aliphatic rings. The minimum absolute atomic E-state index is 0.0880. The first kappa shape index (κ1) is 19.8. The van der Waals surface area contributed by atoms with E-state index in [0.717, 1.165) is 0 Å². The SMILES string of the molecule is CCOC(=O)Cn1cc(C(=O)C(=O)Nc2c(Cl)cncc2Cl)c2cccnc21. The molecule has 0 saturated heterocycles. The third-order valence-electron chi connectivity index (χ3n) is 3.78. The number of amides is 1. The Morgan fingerprint density at radius 3 is 2.61 bits per heavy atom. The topological polar surface area (TPSA) is 103 Å². The Labute approximate surface area is 169 Å². The number of ether oxygens (including phenoxy) is 1. The van der Waals surface area contributed by atoms with Crippen molar-refractivity contribution in [3.63, 3.8) is 0 Å². The number of nitrogens with zero attached hydrogens (tertiary/aromatic N) is 3. The van der Waals surface area contributed by atoms with Crippen LogP contribution in [0.25, 0.3) is 11.0 Å². The number of hydrogen-bond acceptors (Lipinski definition) is 6. The number of nitrogens with one attached hydrogen (secondary N) is 1. The lowest BCUT2D eigenvalue weighted by Gasteiger charge is -2.07. The van der Waals surface area contributed by atoms with E-state index >= 15 is 0 Å². The molecule has 3 heterocycles. The summed E-state index contributed by atoms with van der Waals surface area (Å²) in [6.07, 6.45) is 5.51. The van der Waals surface area contributed by atoms with E-state index in [1.54, 1.807) is 19.1 Å². The minimum atomic E-state index is -0.936. The highest BCUT2D eigenvalue weighted by atomic mass is 35.5. The van der Waals surface area contributed by atoms with E-state index < -0.39 is 17.7 Å². The molecule has 10 heteroatoms. The Morgan fingerprint density at radius 2 is 1.93 bits per heavy atom. The summed E-state index contributed by atoms with van der Waals surface area (Å²) in [6.45, 7) is 1.78. The van der Waals surface area contributed by atoms with Gasteiger partial charge in [0.1, 0.15) is 12.2 Å². The Hall–Kier alpha value is -2.97. The van der Waals surface area contributed by atoms with Gasteiger partial charge >= 0.3 is 5.97 Å². The largest absolute Gasteiger partial charge is 0.465 e. The van der Waals surface area contributed by atoms with Gasteiger partial charge in [-0.2, -0.15) is 0 Å². The van der Waals surface area contributed by atoms with Crippen molar-refractivity contribution in [1.82, 2.24) is 14.5 Å². The highest BCUT2D eigenvalue weighted by Gasteiger charge is 2.24. The molecule has 0 saturated carbocycles. The zero-order valence-electron chi connectivity index (χ0n) is 14.6. The fourth-order valence-electron chi connectivity index (χ4n) is 2.59. The van der Waals surface area contributed by atoms with Crippen LogP contribution in [-0.4, -0.2) is 38.8 Å². The van der Waals surface area contributed by atoms with Gasteiger partial charge in [-0.3, -0.25) is 19.4 Å². The first-order valence-corrected chi connectivity index (χ1v) is 8.92. The molecule has 0 atom stereocenters. The van der Waals surface area contributed by atoms with Gasteiger partial charge in [0.2, 0.25) is 0 Å². The van der Waals surface area contributed by atoms with E-state index in [0.29, 0.717) is 11.0 Å². The third-order valence-corrected chi connectivity index (χ3v) is 4.35. The monoisotopic (exact) mass is 420 g/mol. The van der Waals surface area contributed by atoms with Crippen LogP contribution in [0.5, 0.6) is 0 Å². The number of pyridine rings is 2. The summed E-state index contributed by atoms with van der Waals surface area (Å²) in [6, 6.07) is 3.26. The number of halogens is 2. The van der Waals surface area contributed by atoms with Crippen LogP contribution in [0.15, 0.2) is 36.9 Å². The average Bonchev–Trinajstić information content (AvgIpc) is 3.03. The predicted molar refractivity (Wildman–Crippen MR) is 104 cm³/mol. The normalized spacial score (nSPS) is 10.7. The molecule has 0 aliphatic heterocycles. The van der Waals surface area contributed by atoms with Gasteiger partial charge in [0.25, 0.3) is 11.7 Å². The fourth-order valence-corrected chi connectivity index (χ4v) is 3.05. The van der Waals surface area contributed by atoms with E-state index in [-0.39, 0.29) is 34.4 Å². The molecule has 0 aromatic carbocycles. The number of carbonyl (C=O) groups is 3. The molecule has 0 radical (unpaired) electrons. The number of anilines is 1. The molecule has 3 aromatic heterocycles. The van der Waals surface area contributed by atoms with Crippen molar-refractivity contribution < 1.29 is 19.1 Å². The maximum atomic E-state index is 12.7. The summed E-state index contributed by atoms with van der Waals surface area (Å²) in [5.41, 5.74) is 0.558. The van der Waals surface area contributed by atoms with Crippen LogP contribution >= 0.6 is 23.2 Å². The summed E-state index contributed by atoms with van der Waals surface area (Å²) >= 11 is 11.9. The highest BCUT2D eigenvalue weighted by molar-refractivity contribution is 6.50. The smallest absolute Gasteiger partial charge is 0.325 e. The van der Waals surface area contributed by atoms with Gasteiger partial charge < -0.3 is 14.6 Å². The number of fused-ring (bicyclic) bond motifs is 1. The Bertz CT molecular complexity index is 1060. The van der Waals surface area contributed by atoms with Crippen molar-refractivity contribution >= 4 is 57.6 Å². The van der Waals surface area contributed by atoms with Crippen molar-refractivity contribution in [2.75, 3.05) is 11.9 Å². The van der Waals surface area contributed by atoms with Gasteiger partial charge in [0.15, 0.2) is 0 Å². The molecule has 0 unspecified atom stereocenters. The van der Waals surface area contributed by atoms with Crippen molar-refractivity contribution in [2.45, 2.75) is 13.5 Å². The minimum Gasteiger partial charge on any atom is -0.465 e. The molecular formula is C18H14Cl2N4O4. The molecule has 3 aromatic rings. The second-order valence-corrected chi connectivity index (χ2v) is 6.43. The summed E-state index contributed by atoms with van der Waals surface area (Å²) in [5, 5.41) is 3.02. The van der Waals surface area contributed by atoms with Crippen LogP contribution in [0.1, 0.15) is 17.3 Å². The van der Waals surface area contributed by atoms with Gasteiger partial charge in [0.05, 0.1) is 27.9 Å². The first-order chi connectivity index (χ1) is 13.4. The second-order valence-electron chi connectivity index (χ2n) is 5.61.